The molecule has 0 spiro atoms. The van der Waals surface area contributed by atoms with E-state index in [9.17, 15) is 0 Å². The maximum atomic E-state index is 6.73. The van der Waals surface area contributed by atoms with Gasteiger partial charge < -0.3 is 13.6 Å². The fourth-order valence-corrected chi connectivity index (χ4v) is 9.05. The van der Waals surface area contributed by atoms with Gasteiger partial charge in [0.2, 0.25) is 0 Å². The van der Waals surface area contributed by atoms with Crippen molar-refractivity contribution in [2.75, 3.05) is 0 Å². The van der Waals surface area contributed by atoms with Crippen LogP contribution in [0.5, 0.6) is 0 Å². The zero-order valence-electron chi connectivity index (χ0n) is 38.0. The summed E-state index contributed by atoms with van der Waals surface area (Å²) in [6.07, 6.45) is 7.35. The second-order valence-electron chi connectivity index (χ2n) is 17.3. The molecule has 11 aromatic rings. The molecule has 0 unspecified atom stereocenters. The topological polar surface area (TPSA) is 39.8 Å². The SMILES string of the molecule is CC(C)c1cc(-c2ccccc2)cc(C(C)C)c1-n1c(-c2[c-]ccc3c2oc2cc(-c4ccccc4)ccc23)nc2ccccc21.Cc1cccc(C)c1-n1[c-][n+](-c2[c-]cccc2)cc1.[Ir+3]. The number of rotatable bonds is 8. The minimum absolute atomic E-state index is 0. The van der Waals surface area contributed by atoms with Crippen LogP contribution in [0.2, 0.25) is 0 Å². The molecule has 0 bridgehead atoms. The smallest absolute Gasteiger partial charge is 0.501 e. The van der Waals surface area contributed by atoms with Crippen molar-refractivity contribution in [3.05, 3.63) is 223 Å². The molecule has 8 aromatic carbocycles. The molecular formula is C60H50IrN4O+. The van der Waals surface area contributed by atoms with Crippen molar-refractivity contribution in [3.63, 3.8) is 0 Å². The first-order valence-corrected chi connectivity index (χ1v) is 22.4. The summed E-state index contributed by atoms with van der Waals surface area (Å²) >= 11 is 0. The van der Waals surface area contributed by atoms with Crippen molar-refractivity contribution in [1.29, 1.82) is 0 Å². The number of imidazole rings is 2. The first-order chi connectivity index (χ1) is 31.7. The monoisotopic (exact) mass is 1040 g/mol. The summed E-state index contributed by atoms with van der Waals surface area (Å²) in [5.74, 6) is 1.41. The first kappa shape index (κ1) is 44.1. The fourth-order valence-electron chi connectivity index (χ4n) is 9.05. The number of para-hydroxylation sites is 4. The molecule has 0 amide bonds. The molecule has 0 N–H and O–H groups in total. The van der Waals surface area contributed by atoms with Gasteiger partial charge >= 0.3 is 20.1 Å². The molecule has 3 aromatic heterocycles. The van der Waals surface area contributed by atoms with Gasteiger partial charge in [0.05, 0.1) is 28.1 Å². The van der Waals surface area contributed by atoms with E-state index in [4.69, 9.17) is 9.40 Å². The van der Waals surface area contributed by atoms with Gasteiger partial charge in [-0.15, -0.1) is 18.2 Å². The third-order valence-electron chi connectivity index (χ3n) is 12.3. The van der Waals surface area contributed by atoms with Crippen molar-refractivity contribution in [3.8, 4) is 50.7 Å². The van der Waals surface area contributed by atoms with E-state index in [0.29, 0.717) is 0 Å². The number of fused-ring (bicyclic) bond motifs is 4. The molecule has 0 aliphatic rings. The van der Waals surface area contributed by atoms with Gasteiger partial charge in [0.1, 0.15) is 5.58 Å². The number of hydrogen-bond donors (Lipinski definition) is 0. The summed E-state index contributed by atoms with van der Waals surface area (Å²) in [6, 6.07) is 65.9. The van der Waals surface area contributed by atoms with Gasteiger partial charge in [-0.25, -0.2) is 0 Å². The molecular weight excluding hydrogens is 985 g/mol. The molecule has 0 aliphatic carbocycles. The van der Waals surface area contributed by atoms with E-state index in [0.717, 1.165) is 55.6 Å². The predicted molar refractivity (Wildman–Crippen MR) is 266 cm³/mol. The van der Waals surface area contributed by atoms with Gasteiger partial charge in [0.15, 0.2) is 0 Å². The minimum Gasteiger partial charge on any atom is -0.501 e. The van der Waals surface area contributed by atoms with Crippen molar-refractivity contribution in [2.45, 2.75) is 53.4 Å². The Morgan fingerprint density at radius 3 is 1.89 bits per heavy atom. The number of aromatic nitrogens is 4. The largest absolute Gasteiger partial charge is 3.00 e. The summed E-state index contributed by atoms with van der Waals surface area (Å²) < 4.78 is 13.1. The molecule has 11 rings (SSSR count). The van der Waals surface area contributed by atoms with E-state index in [2.05, 4.69) is 198 Å². The van der Waals surface area contributed by atoms with E-state index in [1.165, 1.54) is 50.3 Å². The van der Waals surface area contributed by atoms with Crippen LogP contribution in [-0.4, -0.2) is 14.1 Å². The van der Waals surface area contributed by atoms with Crippen LogP contribution >= 0.6 is 0 Å². The van der Waals surface area contributed by atoms with Gasteiger partial charge in [0.25, 0.3) is 6.33 Å². The average Bonchev–Trinajstić information content (AvgIpc) is 4.08. The second-order valence-corrected chi connectivity index (χ2v) is 17.3. The van der Waals surface area contributed by atoms with Crippen LogP contribution < -0.4 is 4.57 Å². The molecule has 0 saturated heterocycles. The molecule has 5 nitrogen and oxygen atoms in total. The quantitative estimate of drug-likeness (QED) is 0.112. The summed E-state index contributed by atoms with van der Waals surface area (Å²) in [6.45, 7) is 13.4. The van der Waals surface area contributed by atoms with Gasteiger partial charge in [-0.05, 0) is 106 Å². The Bertz CT molecular complexity index is 3400. The third kappa shape index (κ3) is 8.35. The van der Waals surface area contributed by atoms with Crippen LogP contribution in [-0.2, 0) is 20.1 Å². The van der Waals surface area contributed by atoms with Crippen LogP contribution in [0.15, 0.2) is 187 Å². The Hall–Kier alpha value is -7.11. The summed E-state index contributed by atoms with van der Waals surface area (Å²) in [5, 5.41) is 2.15. The summed E-state index contributed by atoms with van der Waals surface area (Å²) in [7, 11) is 0. The summed E-state index contributed by atoms with van der Waals surface area (Å²) in [4.78, 5) is 5.30. The Morgan fingerprint density at radius 2 is 1.23 bits per heavy atom. The van der Waals surface area contributed by atoms with Crippen LogP contribution in [0.3, 0.4) is 0 Å². The molecule has 6 heteroatoms. The second kappa shape index (κ2) is 18.8. The first-order valence-electron chi connectivity index (χ1n) is 22.4. The fraction of sp³-hybridized carbons (Fsp3) is 0.133. The van der Waals surface area contributed by atoms with Crippen molar-refractivity contribution >= 4 is 33.0 Å². The minimum atomic E-state index is 0. The van der Waals surface area contributed by atoms with E-state index in [1.807, 2.05) is 57.9 Å². The standard InChI is InChI=1S/C43H35N2O.C17H15N2.Ir/c1-27(2)36-24-32(30-16-9-6-10-17-30)25-37(28(3)4)41(36)45-39-21-12-11-20-38(39)44-43(45)35-19-13-18-34-33-23-22-31(26-40(33)46-42(34)35)29-14-7-5-8-15-29;1-14-7-6-8-15(2)17(14)19-12-11-18(13-19)16-9-4-3-5-10-16;/h5-18,20-28H,1-4H3;3-9,11-12H,1-2H3;/q2*-1;+3. The van der Waals surface area contributed by atoms with Crippen molar-refractivity contribution in [1.82, 2.24) is 14.1 Å². The molecule has 0 radical (unpaired) electrons. The van der Waals surface area contributed by atoms with Crippen molar-refractivity contribution in [2.24, 2.45) is 0 Å². The van der Waals surface area contributed by atoms with E-state index in [-0.39, 0.29) is 31.9 Å². The molecule has 0 aliphatic heterocycles. The molecule has 3 heterocycles. The Labute approximate surface area is 401 Å². The maximum absolute atomic E-state index is 6.73. The van der Waals surface area contributed by atoms with Gasteiger partial charge in [-0.2, -0.15) is 30.3 Å². The molecule has 324 valence electrons. The van der Waals surface area contributed by atoms with Crippen LogP contribution in [0.1, 0.15) is 61.8 Å². The average molecular weight is 1040 g/mol. The molecule has 0 saturated carbocycles. The van der Waals surface area contributed by atoms with Gasteiger partial charge in [-0.3, -0.25) is 9.55 Å². The Kier molecular flexibility index (Phi) is 12.5. The zero-order valence-corrected chi connectivity index (χ0v) is 40.4. The molecule has 66 heavy (non-hydrogen) atoms. The van der Waals surface area contributed by atoms with E-state index >= 15 is 0 Å². The third-order valence-corrected chi connectivity index (χ3v) is 12.3. The number of benzene rings is 8. The van der Waals surface area contributed by atoms with E-state index in [1.54, 1.807) is 0 Å². The molecule has 0 atom stereocenters. The zero-order chi connectivity index (χ0) is 44.6. The maximum Gasteiger partial charge on any atom is 3.00 e. The van der Waals surface area contributed by atoms with E-state index < -0.39 is 0 Å². The summed E-state index contributed by atoms with van der Waals surface area (Å²) in [5.41, 5.74) is 17.8. The number of furan rings is 1. The number of hydrogen-bond acceptors (Lipinski definition) is 2. The van der Waals surface area contributed by atoms with Gasteiger partial charge in [0, 0.05) is 23.5 Å². The molecule has 0 fully saturated rings. The normalized spacial score (nSPS) is 11.3. The van der Waals surface area contributed by atoms with Crippen LogP contribution in [0, 0.1) is 32.3 Å². The van der Waals surface area contributed by atoms with Crippen molar-refractivity contribution < 1.29 is 29.1 Å². The predicted octanol–water partition coefficient (Wildman–Crippen LogP) is 14.9. The Morgan fingerprint density at radius 1 is 0.576 bits per heavy atom. The van der Waals surface area contributed by atoms with Gasteiger partial charge in [-0.1, -0.05) is 142 Å². The Balaban J connectivity index is 0.000000229. The van der Waals surface area contributed by atoms with Crippen LogP contribution in [0.25, 0.3) is 83.7 Å². The number of nitrogens with zero attached hydrogens (tertiary/aromatic N) is 4. The van der Waals surface area contributed by atoms with Crippen LogP contribution in [0.4, 0.5) is 0 Å². The number of aryl methyl sites for hydroxylation is 2.